The molecule has 1 aromatic carbocycles. The molecule has 0 amide bonds. The number of unbranched alkanes of at least 4 members (excludes halogenated alkanes) is 2. The molecule has 0 aliphatic carbocycles. The summed E-state index contributed by atoms with van der Waals surface area (Å²) >= 11 is 0. The number of anilines is 2. The average Bonchev–Trinajstić information content (AvgIpc) is 2.48. The Labute approximate surface area is 141 Å². The summed E-state index contributed by atoms with van der Waals surface area (Å²) in [6.07, 6.45) is 4.15. The first-order valence-corrected chi connectivity index (χ1v) is 9.62. The van der Waals surface area contributed by atoms with Crippen molar-refractivity contribution in [1.82, 2.24) is 0 Å². The summed E-state index contributed by atoms with van der Waals surface area (Å²) in [5, 5.41) is 0. The number of nitrogens with one attached hydrogen (secondary N) is 1. The van der Waals surface area contributed by atoms with Crippen LogP contribution >= 0.6 is 0 Å². The first-order valence-electron chi connectivity index (χ1n) is 8.13. The van der Waals surface area contributed by atoms with Crippen LogP contribution in [0.3, 0.4) is 0 Å². The van der Waals surface area contributed by atoms with E-state index in [4.69, 9.17) is 0 Å². The second-order valence-electron chi connectivity index (χ2n) is 6.21. The van der Waals surface area contributed by atoms with Gasteiger partial charge in [-0.15, -0.1) is 0 Å². The average molecular weight is 364 g/mol. The molecule has 1 N–H and O–H groups in total. The van der Waals surface area contributed by atoms with Gasteiger partial charge in [-0.05, 0) is 36.5 Å². The number of hydrogen-bond donors (Lipinski definition) is 1. The topological polar surface area (TPSA) is 49.4 Å². The highest BCUT2D eigenvalue weighted by Gasteiger charge is 2.46. The Morgan fingerprint density at radius 3 is 2.62 bits per heavy atom. The number of alkyl halides is 3. The number of rotatable bonds is 6. The van der Waals surface area contributed by atoms with Crippen LogP contribution in [0, 0.1) is 0 Å². The predicted octanol–water partition coefficient (Wildman–Crippen LogP) is 4.45. The molecule has 1 aromatic rings. The van der Waals surface area contributed by atoms with Crippen LogP contribution in [0.5, 0.6) is 0 Å². The molecule has 4 nitrogen and oxygen atoms in total. The molecule has 2 rings (SSSR count). The summed E-state index contributed by atoms with van der Waals surface area (Å²) in [6.45, 7) is 5.83. The van der Waals surface area contributed by atoms with E-state index in [-0.39, 0.29) is 5.69 Å². The van der Waals surface area contributed by atoms with Crippen LogP contribution in [0.15, 0.2) is 18.2 Å². The van der Waals surface area contributed by atoms with Gasteiger partial charge in [0.2, 0.25) is 0 Å². The van der Waals surface area contributed by atoms with E-state index in [1.165, 1.54) is 12.1 Å². The van der Waals surface area contributed by atoms with Crippen LogP contribution in [0.4, 0.5) is 24.5 Å². The van der Waals surface area contributed by atoms with Crippen LogP contribution in [-0.4, -0.2) is 27.0 Å². The summed E-state index contributed by atoms with van der Waals surface area (Å²) in [4.78, 5) is 2.14. The van der Waals surface area contributed by atoms with Gasteiger partial charge in [0.25, 0.3) is 0 Å². The van der Waals surface area contributed by atoms with Gasteiger partial charge in [0.05, 0.1) is 5.69 Å². The summed E-state index contributed by atoms with van der Waals surface area (Å²) in [5.74, 6) is 0.302. The quantitative estimate of drug-likeness (QED) is 0.759. The first-order chi connectivity index (χ1) is 11.2. The lowest BCUT2D eigenvalue weighted by atomic mass is 9.91. The fourth-order valence-corrected chi connectivity index (χ4v) is 3.47. The second kappa shape index (κ2) is 7.21. The summed E-state index contributed by atoms with van der Waals surface area (Å²) in [7, 11) is -5.40. The van der Waals surface area contributed by atoms with Crippen molar-refractivity contribution in [2.24, 2.45) is 0 Å². The second-order valence-corrected chi connectivity index (χ2v) is 7.88. The van der Waals surface area contributed by atoms with Crippen LogP contribution in [0.25, 0.3) is 0 Å². The van der Waals surface area contributed by atoms with Crippen molar-refractivity contribution in [3.63, 3.8) is 0 Å². The van der Waals surface area contributed by atoms with E-state index in [0.717, 1.165) is 50.0 Å². The molecule has 0 saturated heterocycles. The minimum absolute atomic E-state index is 0.0549. The van der Waals surface area contributed by atoms with Crippen molar-refractivity contribution in [3.05, 3.63) is 23.8 Å². The molecule has 0 radical (unpaired) electrons. The van der Waals surface area contributed by atoms with Gasteiger partial charge in [-0.2, -0.15) is 21.6 Å². The van der Waals surface area contributed by atoms with Crippen molar-refractivity contribution in [1.29, 1.82) is 0 Å². The van der Waals surface area contributed by atoms with Crippen molar-refractivity contribution in [3.8, 4) is 0 Å². The van der Waals surface area contributed by atoms with E-state index in [9.17, 15) is 21.6 Å². The van der Waals surface area contributed by atoms with E-state index in [0.29, 0.717) is 5.92 Å². The maximum atomic E-state index is 12.5. The van der Waals surface area contributed by atoms with Gasteiger partial charge >= 0.3 is 15.5 Å². The highest BCUT2D eigenvalue weighted by Crippen LogP contribution is 2.37. The molecule has 0 spiro atoms. The van der Waals surface area contributed by atoms with Crippen LogP contribution in [-0.2, 0) is 10.0 Å². The zero-order valence-electron chi connectivity index (χ0n) is 13.9. The third kappa shape index (κ3) is 4.15. The van der Waals surface area contributed by atoms with Gasteiger partial charge in [0.15, 0.2) is 0 Å². The highest BCUT2D eigenvalue weighted by molar-refractivity contribution is 7.93. The number of halogens is 3. The van der Waals surface area contributed by atoms with E-state index < -0.39 is 15.5 Å². The van der Waals surface area contributed by atoms with Crippen molar-refractivity contribution >= 4 is 21.4 Å². The Morgan fingerprint density at radius 1 is 1.29 bits per heavy atom. The molecule has 1 aliphatic rings. The lowest BCUT2D eigenvalue weighted by Crippen LogP contribution is -2.32. The Morgan fingerprint density at radius 2 is 2.00 bits per heavy atom. The molecular formula is C16H23F3N2O2S. The van der Waals surface area contributed by atoms with Gasteiger partial charge in [0, 0.05) is 18.8 Å². The van der Waals surface area contributed by atoms with E-state index in [1.807, 2.05) is 0 Å². The van der Waals surface area contributed by atoms with Gasteiger partial charge in [-0.3, -0.25) is 4.72 Å². The van der Waals surface area contributed by atoms with Crippen molar-refractivity contribution in [2.45, 2.75) is 51.0 Å². The number of fused-ring (bicyclic) bond motifs is 1. The Hall–Kier alpha value is -1.44. The first kappa shape index (κ1) is 18.9. The Bertz CT molecular complexity index is 674. The van der Waals surface area contributed by atoms with Crippen molar-refractivity contribution < 1.29 is 21.6 Å². The predicted molar refractivity (Wildman–Crippen MR) is 89.8 cm³/mol. The highest BCUT2D eigenvalue weighted by atomic mass is 32.2. The number of nitrogens with zero attached hydrogens (tertiary/aromatic N) is 1. The molecule has 1 heterocycles. The number of benzene rings is 1. The molecular weight excluding hydrogens is 341 g/mol. The molecule has 1 unspecified atom stereocenters. The monoisotopic (exact) mass is 364 g/mol. The molecule has 0 saturated carbocycles. The summed E-state index contributed by atoms with van der Waals surface area (Å²) in [5.41, 5.74) is -3.50. The number of hydrogen-bond acceptors (Lipinski definition) is 3. The Balaban J connectivity index is 2.27. The largest absolute Gasteiger partial charge is 0.516 e. The van der Waals surface area contributed by atoms with E-state index in [1.54, 1.807) is 10.8 Å². The summed E-state index contributed by atoms with van der Waals surface area (Å²) < 4.78 is 61.8. The SMILES string of the molecule is CCCCCN1CCC(C)c2ccc(NS(=O)(=O)C(F)(F)F)cc21. The summed E-state index contributed by atoms with van der Waals surface area (Å²) in [6, 6.07) is 4.63. The lowest BCUT2D eigenvalue weighted by molar-refractivity contribution is -0.0429. The molecule has 1 atom stereocenters. The fraction of sp³-hybridized carbons (Fsp3) is 0.625. The maximum Gasteiger partial charge on any atom is 0.516 e. The minimum atomic E-state index is -5.40. The van der Waals surface area contributed by atoms with Gasteiger partial charge in [-0.1, -0.05) is 32.8 Å². The number of sulfonamides is 1. The molecule has 0 bridgehead atoms. The lowest BCUT2D eigenvalue weighted by Gasteiger charge is -2.35. The molecule has 8 heteroatoms. The van der Waals surface area contributed by atoms with E-state index >= 15 is 0 Å². The standard InChI is InChI=1S/C16H23F3N2O2S/c1-3-4-5-9-21-10-8-12(2)14-7-6-13(11-15(14)21)20-24(22,23)16(17,18)19/h6-7,11-12,20H,3-5,8-10H2,1-2H3. The van der Waals surface area contributed by atoms with Crippen LogP contribution in [0.1, 0.15) is 51.0 Å². The minimum Gasteiger partial charge on any atom is -0.371 e. The zero-order chi connectivity index (χ0) is 18.0. The Kier molecular flexibility index (Phi) is 5.67. The molecule has 0 aromatic heterocycles. The fourth-order valence-electron chi connectivity index (χ4n) is 2.92. The van der Waals surface area contributed by atoms with Gasteiger partial charge in [0.1, 0.15) is 0 Å². The van der Waals surface area contributed by atoms with Crippen LogP contribution < -0.4 is 9.62 Å². The maximum absolute atomic E-state index is 12.5. The third-order valence-electron chi connectivity index (χ3n) is 4.32. The third-order valence-corrected chi connectivity index (χ3v) is 5.44. The zero-order valence-corrected chi connectivity index (χ0v) is 14.7. The normalized spacial score (nSPS) is 18.4. The van der Waals surface area contributed by atoms with Crippen molar-refractivity contribution in [2.75, 3.05) is 22.7 Å². The van der Waals surface area contributed by atoms with Gasteiger partial charge < -0.3 is 4.90 Å². The molecule has 1 aliphatic heterocycles. The van der Waals surface area contributed by atoms with E-state index in [2.05, 4.69) is 18.7 Å². The molecule has 24 heavy (non-hydrogen) atoms. The van der Waals surface area contributed by atoms with Gasteiger partial charge in [-0.25, -0.2) is 0 Å². The molecule has 136 valence electrons. The van der Waals surface area contributed by atoms with Crippen LogP contribution in [0.2, 0.25) is 0 Å². The molecule has 0 fully saturated rings. The smallest absolute Gasteiger partial charge is 0.371 e.